The van der Waals surface area contributed by atoms with Gasteiger partial charge in [-0.1, -0.05) is 68.4 Å². The highest BCUT2D eigenvalue weighted by molar-refractivity contribution is 6.36. The first kappa shape index (κ1) is 28.2. The van der Waals surface area contributed by atoms with Gasteiger partial charge in [0.1, 0.15) is 12.0 Å². The third kappa shape index (κ3) is 7.57. The van der Waals surface area contributed by atoms with Gasteiger partial charge in [0, 0.05) is 21.7 Å². The van der Waals surface area contributed by atoms with Crippen molar-refractivity contribution in [1.82, 2.24) is 0 Å². The fourth-order valence-electron chi connectivity index (χ4n) is 5.14. The Labute approximate surface area is 222 Å². The van der Waals surface area contributed by atoms with Crippen molar-refractivity contribution < 1.29 is 13.6 Å². The molecule has 5 atom stereocenters. The first-order chi connectivity index (χ1) is 16.6. The number of anilines is 1. The first-order valence-corrected chi connectivity index (χ1v) is 13.6. The summed E-state index contributed by atoms with van der Waals surface area (Å²) in [7, 11) is 0. The van der Waals surface area contributed by atoms with E-state index in [1.54, 1.807) is 0 Å². The van der Waals surface area contributed by atoms with Crippen LogP contribution in [0.15, 0.2) is 30.3 Å². The Morgan fingerprint density at radius 2 is 1.77 bits per heavy atom. The van der Waals surface area contributed by atoms with Gasteiger partial charge in [-0.2, -0.15) is 0 Å². The largest absolute Gasteiger partial charge is 0.326 e. The molecule has 0 radical (unpaired) electrons. The van der Waals surface area contributed by atoms with Gasteiger partial charge < -0.3 is 5.32 Å². The molecular formula is C28H34Cl3F2NO. The number of carbonyl (C=O) groups excluding carboxylic acids is 1. The maximum absolute atomic E-state index is 15.4. The van der Waals surface area contributed by atoms with Gasteiger partial charge in [-0.3, -0.25) is 4.79 Å². The normalized spacial score (nSPS) is 24.2. The number of amides is 1. The van der Waals surface area contributed by atoms with Crippen LogP contribution in [0.1, 0.15) is 64.0 Å². The molecule has 3 rings (SSSR count). The van der Waals surface area contributed by atoms with Crippen LogP contribution in [0.5, 0.6) is 0 Å². The predicted octanol–water partition coefficient (Wildman–Crippen LogP) is 9.34. The maximum atomic E-state index is 15.4. The van der Waals surface area contributed by atoms with Crippen molar-refractivity contribution in [2.75, 3.05) is 5.32 Å². The zero-order valence-electron chi connectivity index (χ0n) is 20.5. The second-order valence-corrected chi connectivity index (χ2v) is 11.2. The second-order valence-electron chi connectivity index (χ2n) is 10.00. The summed E-state index contributed by atoms with van der Waals surface area (Å²) < 4.78 is 28.8. The van der Waals surface area contributed by atoms with E-state index in [4.69, 9.17) is 34.8 Å². The molecule has 5 unspecified atom stereocenters. The fraction of sp³-hybridized carbons (Fsp3) is 0.536. The molecule has 7 heteroatoms. The van der Waals surface area contributed by atoms with Crippen LogP contribution in [0.4, 0.5) is 14.5 Å². The number of carbonyl (C=O) groups is 1. The van der Waals surface area contributed by atoms with Gasteiger partial charge in [0.15, 0.2) is 0 Å². The minimum absolute atomic E-state index is 0.0497. The standard InChI is InChI=1S/C28H34Cl3F2NO/c1-4-18-10-24(29)23(25(30)11-18)14-20-13-21(32)12-19(7-5-6-16(20)2)17(3)28(35)34-22-8-9-27(33)26(31)15-22/h8-11,15-17,19-21H,4-7,12-14H2,1-3H3,(H,34,35). The van der Waals surface area contributed by atoms with Crippen LogP contribution in [-0.4, -0.2) is 12.1 Å². The second kappa shape index (κ2) is 12.7. The molecule has 1 amide bonds. The highest BCUT2D eigenvalue weighted by Crippen LogP contribution is 2.38. The Morgan fingerprint density at radius 1 is 1.09 bits per heavy atom. The van der Waals surface area contributed by atoms with Gasteiger partial charge >= 0.3 is 0 Å². The molecular weight excluding hydrogens is 511 g/mol. The summed E-state index contributed by atoms with van der Waals surface area (Å²) >= 11 is 18.9. The van der Waals surface area contributed by atoms with Crippen LogP contribution < -0.4 is 5.32 Å². The number of alkyl halides is 1. The van der Waals surface area contributed by atoms with E-state index in [0.29, 0.717) is 40.9 Å². The van der Waals surface area contributed by atoms with Crippen LogP contribution in [0, 0.1) is 29.5 Å². The lowest BCUT2D eigenvalue weighted by Gasteiger charge is -2.26. The van der Waals surface area contributed by atoms with E-state index >= 15 is 4.39 Å². The van der Waals surface area contributed by atoms with Crippen molar-refractivity contribution in [3.63, 3.8) is 0 Å². The monoisotopic (exact) mass is 543 g/mol. The Bertz CT molecular complexity index is 1010. The third-order valence-electron chi connectivity index (χ3n) is 7.54. The van der Waals surface area contributed by atoms with Crippen LogP contribution >= 0.6 is 34.8 Å². The van der Waals surface area contributed by atoms with Crippen LogP contribution in [0.25, 0.3) is 0 Å². The van der Waals surface area contributed by atoms with E-state index < -0.39 is 12.0 Å². The summed E-state index contributed by atoms with van der Waals surface area (Å²) in [6.07, 6.45) is 3.89. The maximum Gasteiger partial charge on any atom is 0.227 e. The van der Waals surface area contributed by atoms with Crippen LogP contribution in [-0.2, 0) is 17.6 Å². The number of halogens is 5. The SMILES string of the molecule is CCc1cc(Cl)c(CC2CC(F)CC(C(C)C(=O)Nc3ccc(F)c(Cl)c3)CCCC2C)c(Cl)c1. The van der Waals surface area contributed by atoms with Gasteiger partial charge in [0.05, 0.1) is 5.02 Å². The molecule has 1 fully saturated rings. The zero-order chi connectivity index (χ0) is 25.7. The quantitative estimate of drug-likeness (QED) is 0.386. The van der Waals surface area contributed by atoms with Crippen molar-refractivity contribution in [2.45, 2.75) is 71.9 Å². The molecule has 1 aliphatic carbocycles. The van der Waals surface area contributed by atoms with Crippen LogP contribution in [0.2, 0.25) is 15.1 Å². The van der Waals surface area contributed by atoms with E-state index in [9.17, 15) is 9.18 Å². The molecule has 0 heterocycles. The highest BCUT2D eigenvalue weighted by Gasteiger charge is 2.32. The molecule has 2 nitrogen and oxygen atoms in total. The summed E-state index contributed by atoms with van der Waals surface area (Å²) in [6.45, 7) is 6.07. The lowest BCUT2D eigenvalue weighted by atomic mass is 9.81. The summed E-state index contributed by atoms with van der Waals surface area (Å²) in [4.78, 5) is 12.9. The molecule has 35 heavy (non-hydrogen) atoms. The van der Waals surface area contributed by atoms with Gasteiger partial charge in [-0.15, -0.1) is 0 Å². The zero-order valence-corrected chi connectivity index (χ0v) is 22.8. The third-order valence-corrected chi connectivity index (χ3v) is 8.50. The Balaban J connectivity index is 1.68. The van der Waals surface area contributed by atoms with E-state index in [-0.39, 0.29) is 28.7 Å². The molecule has 0 aliphatic heterocycles. The van der Waals surface area contributed by atoms with Crippen molar-refractivity contribution >= 4 is 46.4 Å². The molecule has 0 bridgehead atoms. The lowest BCUT2D eigenvalue weighted by Crippen LogP contribution is -2.29. The first-order valence-electron chi connectivity index (χ1n) is 12.5. The molecule has 2 aromatic carbocycles. The van der Waals surface area contributed by atoms with Crippen molar-refractivity contribution in [3.8, 4) is 0 Å². The molecule has 0 aromatic heterocycles. The number of aryl methyl sites for hydroxylation is 1. The van der Waals surface area contributed by atoms with E-state index in [1.807, 2.05) is 19.1 Å². The molecule has 1 saturated carbocycles. The number of benzene rings is 2. The fourth-order valence-corrected chi connectivity index (χ4v) is 6.01. The number of rotatable bonds is 6. The van der Waals surface area contributed by atoms with Gasteiger partial charge in [0.2, 0.25) is 5.91 Å². The Hall–Kier alpha value is -1.36. The lowest BCUT2D eigenvalue weighted by molar-refractivity contribution is -0.121. The Morgan fingerprint density at radius 3 is 2.40 bits per heavy atom. The van der Waals surface area contributed by atoms with Gasteiger partial charge in [-0.05, 0) is 91.3 Å². The summed E-state index contributed by atoms with van der Waals surface area (Å²) in [5.41, 5.74) is 2.42. The summed E-state index contributed by atoms with van der Waals surface area (Å²) in [5.74, 6) is -0.769. The smallest absolute Gasteiger partial charge is 0.227 e. The average molecular weight is 545 g/mol. The molecule has 0 saturated heterocycles. The predicted molar refractivity (Wildman–Crippen MR) is 143 cm³/mol. The highest BCUT2D eigenvalue weighted by atomic mass is 35.5. The Kier molecular flexibility index (Phi) is 10.3. The van der Waals surface area contributed by atoms with Crippen molar-refractivity contribution in [3.05, 3.63) is 62.3 Å². The summed E-state index contributed by atoms with van der Waals surface area (Å²) in [5, 5.41) is 4.06. The van der Waals surface area contributed by atoms with Gasteiger partial charge in [-0.25, -0.2) is 8.78 Å². The van der Waals surface area contributed by atoms with E-state index in [2.05, 4.69) is 19.2 Å². The van der Waals surface area contributed by atoms with E-state index in [1.165, 1.54) is 18.2 Å². The number of hydrogen-bond donors (Lipinski definition) is 1. The minimum Gasteiger partial charge on any atom is -0.326 e. The molecule has 0 spiro atoms. The molecule has 1 aliphatic rings. The van der Waals surface area contributed by atoms with Crippen molar-refractivity contribution in [2.24, 2.45) is 23.7 Å². The van der Waals surface area contributed by atoms with Crippen molar-refractivity contribution in [1.29, 1.82) is 0 Å². The molecule has 192 valence electrons. The number of nitrogens with one attached hydrogen (secondary N) is 1. The van der Waals surface area contributed by atoms with Gasteiger partial charge in [0.25, 0.3) is 0 Å². The van der Waals surface area contributed by atoms with Crippen LogP contribution in [0.3, 0.4) is 0 Å². The average Bonchev–Trinajstić information content (AvgIpc) is 2.87. The minimum atomic E-state index is -1.02. The topological polar surface area (TPSA) is 29.1 Å². The summed E-state index contributed by atoms with van der Waals surface area (Å²) in [6, 6.07) is 8.00. The number of hydrogen-bond acceptors (Lipinski definition) is 1. The molecule has 2 aromatic rings. The van der Waals surface area contributed by atoms with E-state index in [0.717, 1.165) is 36.8 Å². The molecule has 1 N–H and O–H groups in total.